The molecule has 358 valence electrons. The number of thiophene rings is 1. The summed E-state index contributed by atoms with van der Waals surface area (Å²) in [6.45, 7) is 7.76. The summed E-state index contributed by atoms with van der Waals surface area (Å²) in [6, 6.07) is 8.67. The first-order valence-corrected chi connectivity index (χ1v) is 25.1. The van der Waals surface area contributed by atoms with Crippen molar-refractivity contribution in [2.75, 3.05) is 52.9 Å². The van der Waals surface area contributed by atoms with Gasteiger partial charge in [0.25, 0.3) is 11.8 Å². The maximum absolute atomic E-state index is 14.6. The first kappa shape index (κ1) is 46.7. The van der Waals surface area contributed by atoms with E-state index in [4.69, 9.17) is 14.0 Å². The van der Waals surface area contributed by atoms with E-state index in [0.717, 1.165) is 92.4 Å². The predicted octanol–water partition coefficient (Wildman–Crippen LogP) is 6.14. The maximum Gasteiger partial charge on any atom is 0.254 e. The van der Waals surface area contributed by atoms with E-state index in [1.807, 2.05) is 35.4 Å². The smallest absolute Gasteiger partial charge is 0.254 e. The second kappa shape index (κ2) is 20.9. The molecule has 1 aromatic carbocycles. The molecule has 3 aliphatic heterocycles. The minimum Gasteiger partial charge on any atom is -0.489 e. The van der Waals surface area contributed by atoms with Crippen LogP contribution in [0.3, 0.4) is 0 Å². The van der Waals surface area contributed by atoms with Gasteiger partial charge in [0.1, 0.15) is 30.3 Å². The van der Waals surface area contributed by atoms with Crippen molar-refractivity contribution >= 4 is 51.3 Å². The van der Waals surface area contributed by atoms with Gasteiger partial charge in [-0.3, -0.25) is 29.1 Å². The molecule has 6 heterocycles. The molecule has 15 nitrogen and oxygen atoms in total. The zero-order valence-corrected chi connectivity index (χ0v) is 39.6. The average Bonchev–Trinajstić information content (AvgIpc) is 4.18. The van der Waals surface area contributed by atoms with E-state index in [0.29, 0.717) is 55.5 Å². The molecule has 4 amide bonds. The zero-order valence-electron chi connectivity index (χ0n) is 38.8. The minimum absolute atomic E-state index is 0.0457. The van der Waals surface area contributed by atoms with Crippen molar-refractivity contribution in [1.29, 1.82) is 0 Å². The number of pyridine rings is 1. The molecule has 5 atom stereocenters. The Labute approximate surface area is 395 Å². The van der Waals surface area contributed by atoms with Crippen molar-refractivity contribution in [2.45, 2.75) is 121 Å². The highest BCUT2D eigenvalue weighted by Crippen LogP contribution is 2.41. The van der Waals surface area contributed by atoms with Crippen LogP contribution in [0.2, 0.25) is 0 Å². The Morgan fingerprint density at radius 1 is 0.955 bits per heavy atom. The largest absolute Gasteiger partial charge is 0.489 e. The molecule has 17 heteroatoms. The molecule has 0 radical (unpaired) electrons. The van der Waals surface area contributed by atoms with Gasteiger partial charge in [-0.15, -0.1) is 11.3 Å². The summed E-state index contributed by atoms with van der Waals surface area (Å²) in [6.07, 6.45) is 12.0. The Bertz CT molecular complexity index is 2450. The van der Waals surface area contributed by atoms with Crippen LogP contribution in [-0.4, -0.2) is 137 Å². The molecule has 3 aromatic heterocycles. The highest BCUT2D eigenvalue weighted by Gasteiger charge is 2.42. The van der Waals surface area contributed by atoms with Crippen LogP contribution in [0.25, 0.3) is 16.3 Å². The van der Waals surface area contributed by atoms with E-state index in [1.54, 1.807) is 53.4 Å². The molecule has 9 rings (SSSR count). The summed E-state index contributed by atoms with van der Waals surface area (Å²) < 4.78 is 33.9. The van der Waals surface area contributed by atoms with E-state index < -0.39 is 23.8 Å². The van der Waals surface area contributed by atoms with Crippen LogP contribution >= 0.6 is 11.3 Å². The third-order valence-electron chi connectivity index (χ3n) is 14.6. The second-order valence-corrected chi connectivity index (χ2v) is 19.9. The number of benzene rings is 1. The lowest BCUT2D eigenvalue weighted by Gasteiger charge is -2.43. The van der Waals surface area contributed by atoms with Crippen molar-refractivity contribution in [1.82, 2.24) is 40.4 Å². The first-order chi connectivity index (χ1) is 32.5. The molecule has 1 saturated carbocycles. The highest BCUT2D eigenvalue weighted by atomic mass is 32.1. The van der Waals surface area contributed by atoms with Gasteiger partial charge in [-0.2, -0.15) is 0 Å². The fraction of sp³-hybridized carbons (Fsp3) is 0.560. The van der Waals surface area contributed by atoms with Gasteiger partial charge in [0.15, 0.2) is 5.76 Å². The van der Waals surface area contributed by atoms with Gasteiger partial charge in [-0.25, -0.2) is 4.39 Å². The number of hydrogen-bond acceptors (Lipinski definition) is 12. The molecule has 4 aromatic rings. The lowest BCUT2D eigenvalue weighted by Crippen LogP contribution is -2.61. The Morgan fingerprint density at radius 3 is 2.57 bits per heavy atom. The number of ether oxygens (including phenoxy) is 2. The minimum atomic E-state index is -0.624. The number of halogens is 1. The lowest BCUT2D eigenvalue weighted by atomic mass is 9.83. The summed E-state index contributed by atoms with van der Waals surface area (Å²) in [5.74, 6) is 0.418. The third-order valence-corrected chi connectivity index (χ3v) is 15.5. The van der Waals surface area contributed by atoms with Gasteiger partial charge in [-0.1, -0.05) is 25.3 Å². The fourth-order valence-electron chi connectivity index (χ4n) is 10.7. The van der Waals surface area contributed by atoms with Crippen molar-refractivity contribution in [3.63, 3.8) is 0 Å². The van der Waals surface area contributed by atoms with E-state index >= 15 is 0 Å². The molecule has 0 spiro atoms. The number of amides is 4. The normalized spacial score (nSPS) is 22.7. The number of fused-ring (bicyclic) bond motifs is 2. The number of aromatic nitrogens is 2. The number of nitrogens with zero attached hydrogens (tertiary/aromatic N) is 6. The first-order valence-electron chi connectivity index (χ1n) is 24.2. The fourth-order valence-corrected chi connectivity index (χ4v) is 11.5. The maximum atomic E-state index is 14.6. The average molecular weight is 939 g/mol. The molecule has 2 aliphatic carbocycles. The standard InChI is InChI=1S/C50H63FN8O7S/c1-31-28-57(50(63)46(33-8-5-4-6-9-33)54-48(61)32(2)52-3)21-22-58(31)49(62)41-25-34-24-35(51)11-12-39(34)40(41)27-45(60)59-18-7-10-36(59)30-64-44-26-38(66-55-44)29-56-19-14-37(15-20-56)65-43-13-17-53-42-16-23-67-47(42)43/h11-13,16-17,23-26,31-33,36-37,40,46,52H,4-10,14-15,18-22,27-30H2,1-3H3,(H,54,61)/t31-,32-,36-,40?,46?/m0/s1. The van der Waals surface area contributed by atoms with Gasteiger partial charge in [-0.05, 0) is 117 Å². The number of nitrogens with one attached hydrogen (secondary N) is 2. The molecule has 4 fully saturated rings. The Kier molecular flexibility index (Phi) is 14.5. The third kappa shape index (κ3) is 10.5. The number of hydrogen-bond donors (Lipinski definition) is 2. The van der Waals surface area contributed by atoms with E-state index in [9.17, 15) is 23.6 Å². The van der Waals surface area contributed by atoms with Crippen LogP contribution in [0.5, 0.6) is 11.6 Å². The number of carbonyl (C=O) groups excluding carboxylic acids is 4. The van der Waals surface area contributed by atoms with Crippen LogP contribution in [-0.2, 0) is 25.7 Å². The zero-order chi connectivity index (χ0) is 46.6. The molecule has 2 N–H and O–H groups in total. The van der Waals surface area contributed by atoms with Gasteiger partial charge in [0.2, 0.25) is 17.7 Å². The van der Waals surface area contributed by atoms with Crippen molar-refractivity contribution in [3.05, 3.63) is 76.3 Å². The van der Waals surface area contributed by atoms with Crippen molar-refractivity contribution in [2.24, 2.45) is 5.92 Å². The van der Waals surface area contributed by atoms with Gasteiger partial charge in [0, 0.05) is 75.5 Å². The van der Waals surface area contributed by atoms with Gasteiger partial charge < -0.3 is 39.3 Å². The topological polar surface area (TPSA) is 163 Å². The monoisotopic (exact) mass is 938 g/mol. The molecule has 2 unspecified atom stereocenters. The quantitative estimate of drug-likeness (QED) is 0.141. The van der Waals surface area contributed by atoms with E-state index in [-0.39, 0.29) is 60.8 Å². The molecular weight excluding hydrogens is 876 g/mol. The highest BCUT2D eigenvalue weighted by molar-refractivity contribution is 7.17. The van der Waals surface area contributed by atoms with Crippen LogP contribution in [0.4, 0.5) is 4.39 Å². The Balaban J connectivity index is 0.788. The van der Waals surface area contributed by atoms with Gasteiger partial charge >= 0.3 is 0 Å². The molecule has 67 heavy (non-hydrogen) atoms. The number of rotatable bonds is 15. The van der Waals surface area contributed by atoms with Crippen LogP contribution in [0.1, 0.15) is 101 Å². The molecule has 5 aliphatic rings. The summed E-state index contributed by atoms with van der Waals surface area (Å²) in [5.41, 5.74) is 2.74. The lowest BCUT2D eigenvalue weighted by molar-refractivity contribution is -0.144. The van der Waals surface area contributed by atoms with Crippen molar-refractivity contribution in [3.8, 4) is 11.6 Å². The van der Waals surface area contributed by atoms with Crippen LogP contribution in [0.15, 0.2) is 58.1 Å². The number of likely N-dealkylation sites (N-methyl/N-ethyl adjacent to an activating group) is 1. The SMILES string of the molecule is CN[C@@H](C)C(=O)NC(C(=O)N1CCN(C(=O)C2=Cc3cc(F)ccc3C2CC(=O)N2CCC[C@H]2COc2cc(CN3CCC(Oc4ccnc5ccsc45)CC3)on2)[C@@H](C)C1)C1CCCCC1. The van der Waals surface area contributed by atoms with Gasteiger partial charge in [0.05, 0.1) is 28.8 Å². The Hall–Kier alpha value is -5.39. The molecule has 0 bridgehead atoms. The second-order valence-electron chi connectivity index (χ2n) is 19.0. The van der Waals surface area contributed by atoms with Crippen LogP contribution in [0, 0.1) is 11.7 Å². The van der Waals surface area contributed by atoms with Crippen molar-refractivity contribution < 1.29 is 37.6 Å². The molecular formula is C50H63FN8O7S. The summed E-state index contributed by atoms with van der Waals surface area (Å²) in [7, 11) is 1.72. The summed E-state index contributed by atoms with van der Waals surface area (Å²) in [5, 5.41) is 12.3. The predicted molar refractivity (Wildman–Crippen MR) is 252 cm³/mol. The number of piperidine rings is 1. The van der Waals surface area contributed by atoms with E-state index in [2.05, 4.69) is 25.7 Å². The number of piperazine rings is 1. The van der Waals surface area contributed by atoms with E-state index in [1.165, 1.54) is 12.1 Å². The Morgan fingerprint density at radius 2 is 1.78 bits per heavy atom. The number of likely N-dealkylation sites (tertiary alicyclic amines) is 2. The molecule has 3 saturated heterocycles. The summed E-state index contributed by atoms with van der Waals surface area (Å²) >= 11 is 1.65. The van der Waals surface area contributed by atoms with Crippen LogP contribution < -0.4 is 20.1 Å². The summed E-state index contributed by atoms with van der Waals surface area (Å²) in [4.78, 5) is 68.2. The number of carbonyl (C=O) groups is 4.